The fraction of sp³-hybridized carbons (Fsp3) is 0.935. The Morgan fingerprint density at radius 1 is 0.657 bits per heavy atom. The lowest BCUT2D eigenvalue weighted by atomic mass is 9.79. The number of unbranched alkanes of at least 4 members (excludes halogenated alkanes) is 12. The molecule has 0 amide bonds. The summed E-state index contributed by atoms with van der Waals surface area (Å²) in [5, 5.41) is 9.64. The summed E-state index contributed by atoms with van der Waals surface area (Å²) in [5.41, 5.74) is 0. The summed E-state index contributed by atoms with van der Waals surface area (Å²) in [4.78, 5) is 24.9. The third-order valence-electron chi connectivity index (χ3n) is 8.11. The highest BCUT2D eigenvalue weighted by atomic mass is 16.5. The second-order valence-corrected chi connectivity index (χ2v) is 11.2. The van der Waals surface area contributed by atoms with Gasteiger partial charge in [0.25, 0.3) is 0 Å². The van der Waals surface area contributed by atoms with Gasteiger partial charge in [0, 0.05) is 0 Å². The predicted octanol–water partition coefficient (Wildman–Crippen LogP) is 9.49. The van der Waals surface area contributed by atoms with Crippen LogP contribution in [0.4, 0.5) is 0 Å². The van der Waals surface area contributed by atoms with Crippen molar-refractivity contribution in [2.24, 2.45) is 17.8 Å². The molecule has 4 unspecified atom stereocenters. The van der Waals surface area contributed by atoms with Crippen molar-refractivity contribution in [1.29, 1.82) is 0 Å². The van der Waals surface area contributed by atoms with Crippen LogP contribution in [0, 0.1) is 17.8 Å². The SMILES string of the molecule is CCCCCCCCCCCCCC(OC(=O)C1CCCCC1C(=O)O)C(CCC)CCCCC. The van der Waals surface area contributed by atoms with Crippen LogP contribution in [-0.4, -0.2) is 23.1 Å². The molecule has 1 rings (SSSR count). The maximum absolute atomic E-state index is 13.2. The molecule has 4 atom stereocenters. The average molecular weight is 495 g/mol. The monoisotopic (exact) mass is 494 g/mol. The van der Waals surface area contributed by atoms with Crippen LogP contribution in [0.2, 0.25) is 0 Å². The van der Waals surface area contributed by atoms with E-state index in [2.05, 4.69) is 20.8 Å². The van der Waals surface area contributed by atoms with Gasteiger partial charge in [-0.3, -0.25) is 9.59 Å². The first-order chi connectivity index (χ1) is 17.0. The van der Waals surface area contributed by atoms with Gasteiger partial charge in [-0.2, -0.15) is 0 Å². The van der Waals surface area contributed by atoms with E-state index in [-0.39, 0.29) is 12.1 Å². The molecule has 0 bridgehead atoms. The lowest BCUT2D eigenvalue weighted by molar-refractivity contribution is -0.166. The summed E-state index contributed by atoms with van der Waals surface area (Å²) in [5.74, 6) is -1.68. The highest BCUT2D eigenvalue weighted by Crippen LogP contribution is 2.33. The number of rotatable bonds is 22. The van der Waals surface area contributed by atoms with Crippen LogP contribution in [0.3, 0.4) is 0 Å². The molecule has 1 N–H and O–H groups in total. The van der Waals surface area contributed by atoms with Gasteiger partial charge in [0.2, 0.25) is 0 Å². The van der Waals surface area contributed by atoms with Crippen molar-refractivity contribution in [1.82, 2.24) is 0 Å². The van der Waals surface area contributed by atoms with E-state index in [4.69, 9.17) is 4.74 Å². The molecular weight excluding hydrogens is 436 g/mol. The number of carbonyl (C=O) groups excluding carboxylic acids is 1. The molecule has 1 saturated carbocycles. The lowest BCUT2D eigenvalue weighted by Crippen LogP contribution is -2.37. The highest BCUT2D eigenvalue weighted by molar-refractivity contribution is 5.81. The number of ether oxygens (including phenoxy) is 1. The van der Waals surface area contributed by atoms with Gasteiger partial charge in [-0.1, -0.05) is 124 Å². The zero-order valence-corrected chi connectivity index (χ0v) is 23.5. The standard InChI is InChI=1S/C31H58O4/c1-4-7-9-10-11-12-13-14-15-16-18-25-29(26(21-6-3)22-17-8-5-2)35-31(34)28-24-20-19-23-27(28)30(32)33/h26-29H,4-25H2,1-3H3,(H,32,33). The van der Waals surface area contributed by atoms with Gasteiger partial charge >= 0.3 is 11.9 Å². The number of esters is 1. The van der Waals surface area contributed by atoms with E-state index in [0.717, 1.165) is 44.9 Å². The van der Waals surface area contributed by atoms with Crippen molar-refractivity contribution in [3.63, 3.8) is 0 Å². The summed E-state index contributed by atoms with van der Waals surface area (Å²) in [6.07, 6.45) is 25.4. The van der Waals surface area contributed by atoms with Gasteiger partial charge in [-0.15, -0.1) is 0 Å². The molecule has 0 aromatic rings. The smallest absolute Gasteiger partial charge is 0.310 e. The topological polar surface area (TPSA) is 63.6 Å². The summed E-state index contributed by atoms with van der Waals surface area (Å²) in [7, 11) is 0. The van der Waals surface area contributed by atoms with Gasteiger partial charge in [-0.25, -0.2) is 0 Å². The minimum absolute atomic E-state index is 0.0470. The first kappa shape index (κ1) is 32.0. The van der Waals surface area contributed by atoms with Gasteiger partial charge in [0.1, 0.15) is 6.10 Å². The summed E-state index contributed by atoms with van der Waals surface area (Å²) < 4.78 is 6.21. The Morgan fingerprint density at radius 3 is 1.69 bits per heavy atom. The van der Waals surface area contributed by atoms with Gasteiger partial charge in [0.05, 0.1) is 11.8 Å². The van der Waals surface area contributed by atoms with Gasteiger partial charge in [0.15, 0.2) is 0 Å². The average Bonchev–Trinajstić information content (AvgIpc) is 2.86. The van der Waals surface area contributed by atoms with E-state index < -0.39 is 17.8 Å². The van der Waals surface area contributed by atoms with Crippen LogP contribution < -0.4 is 0 Å². The Balaban J connectivity index is 2.55. The summed E-state index contributed by atoms with van der Waals surface area (Å²) >= 11 is 0. The van der Waals surface area contributed by atoms with E-state index in [1.807, 2.05) is 0 Å². The van der Waals surface area contributed by atoms with Crippen LogP contribution in [0.25, 0.3) is 0 Å². The molecule has 0 spiro atoms. The molecule has 4 heteroatoms. The molecule has 35 heavy (non-hydrogen) atoms. The zero-order chi connectivity index (χ0) is 25.7. The third-order valence-corrected chi connectivity index (χ3v) is 8.11. The minimum Gasteiger partial charge on any atom is -0.481 e. The normalized spacial score (nSPS) is 19.9. The van der Waals surface area contributed by atoms with Crippen molar-refractivity contribution in [2.75, 3.05) is 0 Å². The molecular formula is C31H58O4. The number of hydrogen-bond acceptors (Lipinski definition) is 3. The molecule has 1 aliphatic rings. The molecule has 0 heterocycles. The maximum Gasteiger partial charge on any atom is 0.310 e. The Kier molecular flexibility index (Phi) is 19.2. The third kappa shape index (κ3) is 14.3. The largest absolute Gasteiger partial charge is 0.481 e. The number of carboxylic acid groups (broad SMARTS) is 1. The quantitative estimate of drug-likeness (QED) is 0.120. The van der Waals surface area contributed by atoms with Gasteiger partial charge in [-0.05, 0) is 44.4 Å². The lowest BCUT2D eigenvalue weighted by Gasteiger charge is -2.32. The molecule has 1 aliphatic carbocycles. The Bertz CT molecular complexity index is 532. The molecule has 0 saturated heterocycles. The number of aliphatic carboxylic acids is 1. The van der Waals surface area contributed by atoms with E-state index in [9.17, 15) is 14.7 Å². The van der Waals surface area contributed by atoms with Crippen LogP contribution in [0.1, 0.15) is 162 Å². The molecule has 0 aromatic carbocycles. The van der Waals surface area contributed by atoms with Crippen molar-refractivity contribution < 1.29 is 19.4 Å². The van der Waals surface area contributed by atoms with Crippen molar-refractivity contribution in [2.45, 2.75) is 168 Å². The summed E-state index contributed by atoms with van der Waals surface area (Å²) in [6, 6.07) is 0. The predicted molar refractivity (Wildman–Crippen MR) is 147 cm³/mol. The highest BCUT2D eigenvalue weighted by Gasteiger charge is 2.38. The minimum atomic E-state index is -0.832. The zero-order valence-electron chi connectivity index (χ0n) is 23.5. The van der Waals surface area contributed by atoms with Crippen molar-refractivity contribution in [3.05, 3.63) is 0 Å². The fourth-order valence-corrected chi connectivity index (χ4v) is 5.89. The van der Waals surface area contributed by atoms with Crippen LogP contribution in [0.15, 0.2) is 0 Å². The van der Waals surface area contributed by atoms with Gasteiger partial charge < -0.3 is 9.84 Å². The molecule has 4 nitrogen and oxygen atoms in total. The Morgan fingerprint density at radius 2 is 1.14 bits per heavy atom. The number of carbonyl (C=O) groups is 2. The Hall–Kier alpha value is -1.06. The molecule has 0 aromatic heterocycles. The van der Waals surface area contributed by atoms with E-state index >= 15 is 0 Å². The Labute approximate surface area is 217 Å². The van der Waals surface area contributed by atoms with Crippen LogP contribution in [0.5, 0.6) is 0 Å². The first-order valence-corrected chi connectivity index (χ1v) is 15.5. The summed E-state index contributed by atoms with van der Waals surface area (Å²) in [6.45, 7) is 6.71. The van der Waals surface area contributed by atoms with E-state index in [1.54, 1.807) is 0 Å². The fourth-order valence-electron chi connectivity index (χ4n) is 5.89. The maximum atomic E-state index is 13.2. The first-order valence-electron chi connectivity index (χ1n) is 15.5. The molecule has 206 valence electrons. The van der Waals surface area contributed by atoms with Crippen LogP contribution >= 0.6 is 0 Å². The number of carboxylic acids is 1. The van der Waals surface area contributed by atoms with Crippen molar-refractivity contribution in [3.8, 4) is 0 Å². The van der Waals surface area contributed by atoms with E-state index in [0.29, 0.717) is 18.8 Å². The second-order valence-electron chi connectivity index (χ2n) is 11.2. The van der Waals surface area contributed by atoms with Crippen LogP contribution in [-0.2, 0) is 14.3 Å². The second kappa shape index (κ2) is 21.1. The van der Waals surface area contributed by atoms with E-state index in [1.165, 1.54) is 83.5 Å². The number of hydrogen-bond donors (Lipinski definition) is 1. The molecule has 0 radical (unpaired) electrons. The molecule has 1 fully saturated rings. The van der Waals surface area contributed by atoms with Crippen molar-refractivity contribution >= 4 is 11.9 Å². The molecule has 0 aliphatic heterocycles.